The van der Waals surface area contributed by atoms with Gasteiger partial charge in [0.15, 0.2) is 11.5 Å². The topological polar surface area (TPSA) is 111 Å². The van der Waals surface area contributed by atoms with Crippen molar-refractivity contribution < 1.29 is 23.7 Å². The first-order chi connectivity index (χ1) is 15.7. The number of aryl methyl sites for hydroxylation is 1. The number of aromatic amines is 1. The Bertz CT molecular complexity index is 1160. The van der Waals surface area contributed by atoms with Gasteiger partial charge in [-0.2, -0.15) is 9.97 Å². The number of carbonyl (C=O) groups is 1. The van der Waals surface area contributed by atoms with Crippen LogP contribution in [0.3, 0.4) is 0 Å². The van der Waals surface area contributed by atoms with E-state index in [9.17, 15) is 4.79 Å². The summed E-state index contributed by atoms with van der Waals surface area (Å²) in [4.78, 5) is 27.1. The van der Waals surface area contributed by atoms with E-state index in [1.165, 1.54) is 0 Å². The summed E-state index contributed by atoms with van der Waals surface area (Å²) >= 11 is 0. The molecular formula is C22H25N5O5. The van der Waals surface area contributed by atoms with Gasteiger partial charge in [-0.05, 0) is 31.5 Å². The normalized spacial score (nSPS) is 15.6. The molecule has 10 heteroatoms. The number of aromatic nitrogens is 3. The lowest BCUT2D eigenvalue weighted by atomic mass is 10.1. The van der Waals surface area contributed by atoms with Crippen molar-refractivity contribution in [2.75, 3.05) is 51.4 Å². The molecule has 10 nitrogen and oxygen atoms in total. The Hall–Kier alpha value is -3.53. The highest BCUT2D eigenvalue weighted by Gasteiger charge is 2.28. The smallest absolute Gasteiger partial charge is 0.257 e. The van der Waals surface area contributed by atoms with Gasteiger partial charge in [0.05, 0.1) is 36.5 Å². The first-order valence-electron chi connectivity index (χ1n) is 10.7. The van der Waals surface area contributed by atoms with Crippen molar-refractivity contribution in [1.29, 1.82) is 0 Å². The van der Waals surface area contributed by atoms with Crippen LogP contribution in [0, 0.1) is 6.92 Å². The van der Waals surface area contributed by atoms with E-state index in [4.69, 9.17) is 18.9 Å². The van der Waals surface area contributed by atoms with E-state index in [-0.39, 0.29) is 5.91 Å². The molecule has 3 aromatic rings. The van der Waals surface area contributed by atoms with Gasteiger partial charge in [0.2, 0.25) is 11.8 Å². The Balaban J connectivity index is 1.50. The molecule has 2 N–H and O–H groups in total. The summed E-state index contributed by atoms with van der Waals surface area (Å²) in [5.41, 5.74) is 2.77. The molecule has 2 aliphatic heterocycles. The molecule has 0 aliphatic carbocycles. The van der Waals surface area contributed by atoms with E-state index in [0.29, 0.717) is 86.3 Å². The molecule has 2 aliphatic rings. The van der Waals surface area contributed by atoms with Crippen molar-refractivity contribution in [1.82, 2.24) is 19.9 Å². The molecule has 1 saturated heterocycles. The monoisotopic (exact) mass is 439 g/mol. The van der Waals surface area contributed by atoms with Crippen LogP contribution in [0.2, 0.25) is 0 Å². The molecule has 1 aromatic carbocycles. The minimum atomic E-state index is -0.0974. The number of nitrogens with zero attached hydrogens (tertiary/aromatic N) is 3. The van der Waals surface area contributed by atoms with Crippen molar-refractivity contribution in [2.45, 2.75) is 13.8 Å². The molecule has 4 heterocycles. The van der Waals surface area contributed by atoms with Crippen LogP contribution in [0.15, 0.2) is 18.3 Å². The summed E-state index contributed by atoms with van der Waals surface area (Å²) in [5, 5.41) is 4.06. The maximum atomic E-state index is 13.1. The first-order valence-corrected chi connectivity index (χ1v) is 10.7. The van der Waals surface area contributed by atoms with Gasteiger partial charge in [0.25, 0.3) is 5.91 Å². The number of hydrogen-bond acceptors (Lipinski definition) is 8. The van der Waals surface area contributed by atoms with Gasteiger partial charge in [-0.1, -0.05) is 0 Å². The number of fused-ring (bicyclic) bond motifs is 2. The molecule has 0 unspecified atom stereocenters. The zero-order chi connectivity index (χ0) is 22.1. The van der Waals surface area contributed by atoms with Gasteiger partial charge in [-0.15, -0.1) is 0 Å². The zero-order valence-electron chi connectivity index (χ0n) is 18.1. The van der Waals surface area contributed by atoms with E-state index >= 15 is 0 Å². The van der Waals surface area contributed by atoms with Crippen molar-refractivity contribution in [3.05, 3.63) is 29.5 Å². The highest BCUT2D eigenvalue weighted by atomic mass is 16.6. The number of hydrogen-bond donors (Lipinski definition) is 2. The van der Waals surface area contributed by atoms with Crippen LogP contribution in [0.25, 0.3) is 11.0 Å². The van der Waals surface area contributed by atoms with Gasteiger partial charge >= 0.3 is 0 Å². The van der Waals surface area contributed by atoms with Crippen molar-refractivity contribution in [3.63, 3.8) is 0 Å². The van der Waals surface area contributed by atoms with E-state index in [1.807, 2.05) is 20.0 Å². The lowest BCUT2D eigenvalue weighted by Crippen LogP contribution is -2.41. The summed E-state index contributed by atoms with van der Waals surface area (Å²) in [6, 6.07) is 3.53. The molecule has 0 spiro atoms. The highest BCUT2D eigenvalue weighted by molar-refractivity contribution is 5.99. The number of ether oxygens (including phenoxy) is 4. The van der Waals surface area contributed by atoms with Crippen LogP contribution >= 0.6 is 0 Å². The summed E-state index contributed by atoms with van der Waals surface area (Å²) in [7, 11) is 0. The fraction of sp³-hybridized carbons (Fsp3) is 0.409. The predicted molar refractivity (Wildman–Crippen MR) is 117 cm³/mol. The Morgan fingerprint density at radius 3 is 2.72 bits per heavy atom. The van der Waals surface area contributed by atoms with E-state index in [1.54, 1.807) is 17.0 Å². The van der Waals surface area contributed by atoms with Crippen LogP contribution in [0.5, 0.6) is 17.4 Å². The molecule has 168 valence electrons. The SMILES string of the molecule is CCOc1nc(Nc2ccc(C(=O)N3CCOCC3)c3c2OCCO3)nc2[nH]cc(C)c12. The van der Waals surface area contributed by atoms with E-state index in [0.717, 1.165) is 10.9 Å². The number of anilines is 2. The second-order valence-corrected chi connectivity index (χ2v) is 7.53. The van der Waals surface area contributed by atoms with Crippen LogP contribution in [0.4, 0.5) is 11.6 Å². The quantitative estimate of drug-likeness (QED) is 0.624. The van der Waals surface area contributed by atoms with E-state index < -0.39 is 0 Å². The molecule has 5 rings (SSSR count). The second kappa shape index (κ2) is 8.54. The highest BCUT2D eigenvalue weighted by Crippen LogP contribution is 2.42. The summed E-state index contributed by atoms with van der Waals surface area (Å²) < 4.78 is 22.9. The van der Waals surface area contributed by atoms with Gasteiger partial charge in [-0.3, -0.25) is 4.79 Å². The van der Waals surface area contributed by atoms with Crippen molar-refractivity contribution in [2.24, 2.45) is 0 Å². The maximum Gasteiger partial charge on any atom is 0.257 e. The van der Waals surface area contributed by atoms with Crippen molar-refractivity contribution in [3.8, 4) is 17.4 Å². The number of morpholine rings is 1. The van der Waals surface area contributed by atoms with Crippen LogP contribution in [0.1, 0.15) is 22.8 Å². The molecule has 0 saturated carbocycles. The third-order valence-corrected chi connectivity index (χ3v) is 5.44. The summed E-state index contributed by atoms with van der Waals surface area (Å²) in [5.74, 6) is 1.66. The largest absolute Gasteiger partial charge is 0.485 e. The van der Waals surface area contributed by atoms with Gasteiger partial charge < -0.3 is 34.1 Å². The number of H-pyrrole nitrogens is 1. The molecule has 1 amide bonds. The fourth-order valence-corrected chi connectivity index (χ4v) is 3.91. The Morgan fingerprint density at radius 2 is 1.94 bits per heavy atom. The molecule has 0 bridgehead atoms. The van der Waals surface area contributed by atoms with Crippen LogP contribution in [-0.4, -0.2) is 71.9 Å². The Morgan fingerprint density at radius 1 is 1.16 bits per heavy atom. The minimum Gasteiger partial charge on any atom is -0.485 e. The van der Waals surface area contributed by atoms with Gasteiger partial charge in [0, 0.05) is 19.3 Å². The molecule has 0 radical (unpaired) electrons. The van der Waals surface area contributed by atoms with Gasteiger partial charge in [-0.25, -0.2) is 0 Å². The number of amides is 1. The van der Waals surface area contributed by atoms with Crippen LogP contribution < -0.4 is 19.5 Å². The number of nitrogens with one attached hydrogen (secondary N) is 2. The second-order valence-electron chi connectivity index (χ2n) is 7.53. The molecule has 0 atom stereocenters. The van der Waals surface area contributed by atoms with E-state index in [2.05, 4.69) is 20.3 Å². The number of rotatable bonds is 5. The average molecular weight is 439 g/mol. The lowest BCUT2D eigenvalue weighted by molar-refractivity contribution is 0.0298. The molecule has 2 aromatic heterocycles. The molecule has 1 fully saturated rings. The number of carbonyl (C=O) groups excluding carboxylic acids is 1. The minimum absolute atomic E-state index is 0.0974. The Kier molecular flexibility index (Phi) is 5.44. The fourth-order valence-electron chi connectivity index (χ4n) is 3.91. The summed E-state index contributed by atoms with van der Waals surface area (Å²) in [6.45, 7) is 7.31. The number of benzene rings is 1. The average Bonchev–Trinajstić information content (AvgIpc) is 3.20. The third-order valence-electron chi connectivity index (χ3n) is 5.44. The zero-order valence-corrected chi connectivity index (χ0v) is 18.1. The molecular weight excluding hydrogens is 414 g/mol. The maximum absolute atomic E-state index is 13.1. The predicted octanol–water partition coefficient (Wildman–Crippen LogP) is 2.65. The van der Waals surface area contributed by atoms with Crippen molar-refractivity contribution >= 4 is 28.6 Å². The summed E-state index contributed by atoms with van der Waals surface area (Å²) in [6.07, 6.45) is 1.87. The Labute approximate surface area is 184 Å². The van der Waals surface area contributed by atoms with Crippen LogP contribution in [-0.2, 0) is 4.74 Å². The standard InChI is InChI=1S/C22H25N5O5/c1-3-30-20-16-13(2)12-23-19(16)25-22(26-20)24-15-5-4-14(17-18(15)32-11-10-31-17)21(28)27-6-8-29-9-7-27/h4-5,12H,3,6-11H2,1-2H3,(H2,23,24,25,26). The molecule has 32 heavy (non-hydrogen) atoms. The third kappa shape index (κ3) is 3.66. The lowest BCUT2D eigenvalue weighted by Gasteiger charge is -2.29. The first kappa shape index (κ1) is 20.4. The van der Waals surface area contributed by atoms with Gasteiger partial charge in [0.1, 0.15) is 18.9 Å².